The predicted octanol–water partition coefficient (Wildman–Crippen LogP) is -1.13. The van der Waals surface area contributed by atoms with Crippen LogP contribution in [0, 0.1) is 0 Å². The van der Waals surface area contributed by atoms with Crippen LogP contribution >= 0.6 is 0 Å². The van der Waals surface area contributed by atoms with Crippen molar-refractivity contribution in [3.8, 4) is 0 Å². The lowest BCUT2D eigenvalue weighted by Crippen LogP contribution is -2.43. The van der Waals surface area contributed by atoms with Gasteiger partial charge in [0.1, 0.15) is 0 Å². The molecule has 0 radical (unpaired) electrons. The van der Waals surface area contributed by atoms with Crippen LogP contribution in [0.4, 0.5) is 5.95 Å². The molecule has 2 aromatic heterocycles. The number of nitrogens with two attached hydrogens (primary N) is 1. The summed E-state index contributed by atoms with van der Waals surface area (Å²) in [6, 6.07) is 0.115. The average molecular weight is 250 g/mol. The number of imidazole rings is 1. The van der Waals surface area contributed by atoms with Gasteiger partial charge in [0.25, 0.3) is 5.56 Å². The molecular weight excluding hydrogens is 236 g/mol. The highest BCUT2D eigenvalue weighted by Gasteiger charge is 2.20. The van der Waals surface area contributed by atoms with E-state index in [1.54, 1.807) is 0 Å². The van der Waals surface area contributed by atoms with Crippen molar-refractivity contribution in [1.82, 2.24) is 19.9 Å². The van der Waals surface area contributed by atoms with E-state index in [0.29, 0.717) is 12.5 Å². The molecule has 18 heavy (non-hydrogen) atoms. The van der Waals surface area contributed by atoms with Gasteiger partial charge < -0.3 is 15.6 Å². The van der Waals surface area contributed by atoms with Crippen molar-refractivity contribution in [3.63, 3.8) is 0 Å². The van der Waals surface area contributed by atoms with Gasteiger partial charge in [-0.05, 0) is 12.8 Å². The van der Waals surface area contributed by atoms with Crippen LogP contribution in [0.5, 0.6) is 0 Å². The molecule has 1 aliphatic heterocycles. The Morgan fingerprint density at radius 1 is 1.28 bits per heavy atom. The largest absolute Gasteiger partial charge is 0.341 e. The number of aromatic nitrogens is 4. The molecule has 8 nitrogen and oxygen atoms in total. The number of H-pyrrole nitrogens is 3. The smallest absolute Gasteiger partial charge is 0.327 e. The number of rotatable bonds is 1. The highest BCUT2D eigenvalue weighted by Crippen LogP contribution is 2.17. The van der Waals surface area contributed by atoms with E-state index < -0.39 is 11.2 Å². The number of hydrogen-bond donors (Lipinski definition) is 4. The zero-order chi connectivity index (χ0) is 12.7. The lowest BCUT2D eigenvalue weighted by Gasteiger charge is -2.30. The van der Waals surface area contributed by atoms with Gasteiger partial charge in [0.05, 0.1) is 0 Å². The minimum Gasteiger partial charge on any atom is -0.341 e. The number of hydrogen-bond acceptors (Lipinski definition) is 5. The molecule has 0 bridgehead atoms. The van der Waals surface area contributed by atoms with Crippen LogP contribution in [-0.2, 0) is 0 Å². The van der Waals surface area contributed by atoms with Crippen molar-refractivity contribution in [2.75, 3.05) is 18.0 Å². The van der Waals surface area contributed by atoms with E-state index in [0.717, 1.165) is 19.4 Å². The Bertz CT molecular complexity index is 683. The van der Waals surface area contributed by atoms with E-state index >= 15 is 0 Å². The molecule has 0 aromatic carbocycles. The second-order valence-corrected chi connectivity index (χ2v) is 4.54. The zero-order valence-corrected chi connectivity index (χ0v) is 9.69. The van der Waals surface area contributed by atoms with Crippen LogP contribution in [0.1, 0.15) is 12.8 Å². The molecular formula is C10H14N6O2. The van der Waals surface area contributed by atoms with Crippen LogP contribution in [0.3, 0.4) is 0 Å². The molecule has 1 atom stereocenters. The molecule has 3 heterocycles. The monoisotopic (exact) mass is 250 g/mol. The fourth-order valence-electron chi connectivity index (χ4n) is 2.27. The Labute approximate surface area is 101 Å². The van der Waals surface area contributed by atoms with Crippen LogP contribution in [-0.4, -0.2) is 39.1 Å². The standard InChI is InChI=1S/C10H14N6O2/c11-5-2-1-3-16(4-5)9-12-6-7(13-9)14-10(18)15-8(6)17/h5H,1-4,11H2,(H3,12,13,14,15,17,18)/t5-/m1/s1. The van der Waals surface area contributed by atoms with Gasteiger partial charge in [0.15, 0.2) is 11.2 Å². The van der Waals surface area contributed by atoms with Crippen LogP contribution in [0.2, 0.25) is 0 Å². The summed E-state index contributed by atoms with van der Waals surface area (Å²) in [5.41, 5.74) is 5.44. The van der Waals surface area contributed by atoms with E-state index in [-0.39, 0.29) is 17.2 Å². The first-order chi connectivity index (χ1) is 8.63. The summed E-state index contributed by atoms with van der Waals surface area (Å²) in [4.78, 5) is 36.5. The maximum atomic E-state index is 11.6. The molecule has 0 saturated carbocycles. The van der Waals surface area contributed by atoms with Crippen molar-refractivity contribution in [2.24, 2.45) is 5.73 Å². The molecule has 0 unspecified atom stereocenters. The second-order valence-electron chi connectivity index (χ2n) is 4.54. The topological polar surface area (TPSA) is 124 Å². The first-order valence-electron chi connectivity index (χ1n) is 5.86. The van der Waals surface area contributed by atoms with E-state index in [1.165, 1.54) is 0 Å². The third-order valence-corrected chi connectivity index (χ3v) is 3.13. The number of fused-ring (bicyclic) bond motifs is 1. The van der Waals surface area contributed by atoms with Gasteiger partial charge in [-0.1, -0.05) is 0 Å². The first kappa shape index (κ1) is 11.0. The van der Waals surface area contributed by atoms with Crippen molar-refractivity contribution >= 4 is 17.1 Å². The SMILES string of the molecule is N[C@@H]1CCCN(c2nc3[nH]c(=O)[nH]c(=O)c3[nH]2)C1. The van der Waals surface area contributed by atoms with Gasteiger partial charge in [-0.15, -0.1) is 0 Å². The van der Waals surface area contributed by atoms with Gasteiger partial charge in [0, 0.05) is 19.1 Å². The number of nitrogens with one attached hydrogen (secondary N) is 3. The Hall–Kier alpha value is -2.09. The average Bonchev–Trinajstić information content (AvgIpc) is 2.73. The molecule has 1 aliphatic rings. The third-order valence-electron chi connectivity index (χ3n) is 3.13. The first-order valence-corrected chi connectivity index (χ1v) is 5.86. The zero-order valence-electron chi connectivity index (χ0n) is 9.69. The van der Waals surface area contributed by atoms with Gasteiger partial charge in [0.2, 0.25) is 5.95 Å². The molecule has 0 spiro atoms. The molecule has 5 N–H and O–H groups in total. The van der Waals surface area contributed by atoms with Gasteiger partial charge in [-0.25, -0.2) is 4.79 Å². The quantitative estimate of drug-likeness (QED) is 0.509. The summed E-state index contributed by atoms with van der Waals surface area (Å²) in [6.07, 6.45) is 1.99. The maximum absolute atomic E-state index is 11.6. The third kappa shape index (κ3) is 1.80. The maximum Gasteiger partial charge on any atom is 0.327 e. The van der Waals surface area contributed by atoms with E-state index in [2.05, 4.69) is 19.9 Å². The second kappa shape index (κ2) is 3.98. The molecule has 8 heteroatoms. The minimum absolute atomic E-state index is 0.115. The number of nitrogens with zero attached hydrogens (tertiary/aromatic N) is 2. The lowest BCUT2D eigenvalue weighted by atomic mass is 10.1. The Kier molecular flexibility index (Phi) is 2.44. The van der Waals surface area contributed by atoms with Gasteiger partial charge in [-0.3, -0.25) is 14.8 Å². The van der Waals surface area contributed by atoms with E-state index in [9.17, 15) is 9.59 Å². The van der Waals surface area contributed by atoms with E-state index in [1.807, 2.05) is 4.90 Å². The number of anilines is 1. The van der Waals surface area contributed by atoms with Crippen molar-refractivity contribution in [2.45, 2.75) is 18.9 Å². The molecule has 1 saturated heterocycles. The predicted molar refractivity (Wildman–Crippen MR) is 66.8 cm³/mol. The molecule has 0 amide bonds. The molecule has 0 aliphatic carbocycles. The summed E-state index contributed by atoms with van der Waals surface area (Å²) in [6.45, 7) is 1.54. The van der Waals surface area contributed by atoms with Crippen LogP contribution < -0.4 is 21.9 Å². The van der Waals surface area contributed by atoms with Crippen LogP contribution in [0.15, 0.2) is 9.59 Å². The highest BCUT2D eigenvalue weighted by atomic mass is 16.2. The molecule has 3 rings (SSSR count). The van der Waals surface area contributed by atoms with Gasteiger partial charge >= 0.3 is 5.69 Å². The molecule has 2 aromatic rings. The Morgan fingerprint density at radius 3 is 2.89 bits per heavy atom. The summed E-state index contributed by atoms with van der Waals surface area (Å²) in [5.74, 6) is 0.576. The normalized spacial score (nSPS) is 20.5. The number of aromatic amines is 3. The lowest BCUT2D eigenvalue weighted by molar-refractivity contribution is 0.501. The highest BCUT2D eigenvalue weighted by molar-refractivity contribution is 5.72. The number of piperidine rings is 1. The van der Waals surface area contributed by atoms with Crippen molar-refractivity contribution < 1.29 is 0 Å². The Morgan fingerprint density at radius 2 is 2.11 bits per heavy atom. The molecule has 1 fully saturated rings. The van der Waals surface area contributed by atoms with Gasteiger partial charge in [-0.2, -0.15) is 4.98 Å². The summed E-state index contributed by atoms with van der Waals surface area (Å²) >= 11 is 0. The molecule has 96 valence electrons. The van der Waals surface area contributed by atoms with Crippen molar-refractivity contribution in [1.29, 1.82) is 0 Å². The fourth-order valence-corrected chi connectivity index (χ4v) is 2.27. The Balaban J connectivity index is 2.05. The van der Waals surface area contributed by atoms with Crippen molar-refractivity contribution in [3.05, 3.63) is 20.8 Å². The summed E-state index contributed by atoms with van der Waals surface area (Å²) in [5, 5.41) is 0. The summed E-state index contributed by atoms with van der Waals surface area (Å²) in [7, 11) is 0. The fraction of sp³-hybridized carbons (Fsp3) is 0.500. The minimum atomic E-state index is -0.555. The van der Waals surface area contributed by atoms with Crippen LogP contribution in [0.25, 0.3) is 11.2 Å². The van der Waals surface area contributed by atoms with E-state index in [4.69, 9.17) is 5.73 Å². The summed E-state index contributed by atoms with van der Waals surface area (Å²) < 4.78 is 0.